The number of carbonyl (C=O) groups is 2. The second-order valence-corrected chi connectivity index (χ2v) is 9.33. The van der Waals surface area contributed by atoms with E-state index in [0.717, 1.165) is 49.5 Å². The number of hydrogen-bond acceptors (Lipinski definition) is 3. The van der Waals surface area contributed by atoms with Crippen LogP contribution >= 0.6 is 0 Å². The van der Waals surface area contributed by atoms with Gasteiger partial charge >= 0.3 is 0 Å². The maximum Gasteiger partial charge on any atom is 0.247 e. The summed E-state index contributed by atoms with van der Waals surface area (Å²) in [4.78, 5) is 30.3. The molecule has 0 aromatic heterocycles. The van der Waals surface area contributed by atoms with Gasteiger partial charge in [0.1, 0.15) is 6.04 Å². The zero-order valence-electron chi connectivity index (χ0n) is 19.1. The number of nitrogens with one attached hydrogen (secondary N) is 1. The second-order valence-electron chi connectivity index (χ2n) is 9.33. The number of likely N-dealkylation sites (tertiary alicyclic amines) is 2. The highest BCUT2D eigenvalue weighted by Gasteiger charge is 2.32. The lowest BCUT2D eigenvalue weighted by Gasteiger charge is -2.34. The number of benzene rings is 2. The molecule has 0 spiro atoms. The monoisotopic (exact) mass is 433 g/mol. The van der Waals surface area contributed by atoms with Crippen molar-refractivity contribution in [3.63, 3.8) is 0 Å². The van der Waals surface area contributed by atoms with Gasteiger partial charge in [-0.3, -0.25) is 14.5 Å². The van der Waals surface area contributed by atoms with Crippen molar-refractivity contribution in [1.82, 2.24) is 15.1 Å². The Balaban J connectivity index is 1.47. The van der Waals surface area contributed by atoms with Crippen molar-refractivity contribution in [2.45, 2.75) is 58.2 Å². The van der Waals surface area contributed by atoms with Crippen LogP contribution in [0.4, 0.5) is 0 Å². The third kappa shape index (κ3) is 5.57. The lowest BCUT2D eigenvalue weighted by Crippen LogP contribution is -2.45. The molecule has 2 amide bonds. The summed E-state index contributed by atoms with van der Waals surface area (Å²) in [7, 11) is 0. The molecule has 2 aliphatic heterocycles. The van der Waals surface area contributed by atoms with Gasteiger partial charge in [-0.25, -0.2) is 0 Å². The average Bonchev–Trinajstić information content (AvgIpc) is 2.81. The Morgan fingerprint density at radius 3 is 2.50 bits per heavy atom. The Bertz CT molecular complexity index is 914. The van der Waals surface area contributed by atoms with Gasteiger partial charge in [-0.1, -0.05) is 61.5 Å². The molecule has 0 radical (unpaired) electrons. The first-order valence-electron chi connectivity index (χ1n) is 12.0. The van der Waals surface area contributed by atoms with E-state index in [1.807, 2.05) is 36.4 Å². The molecule has 2 saturated heterocycles. The van der Waals surface area contributed by atoms with Gasteiger partial charge in [-0.15, -0.1) is 0 Å². The van der Waals surface area contributed by atoms with Gasteiger partial charge in [0.2, 0.25) is 11.8 Å². The summed E-state index contributed by atoms with van der Waals surface area (Å²) >= 11 is 0. The summed E-state index contributed by atoms with van der Waals surface area (Å²) in [6.45, 7) is 6.62. The van der Waals surface area contributed by atoms with E-state index in [1.54, 1.807) is 4.90 Å². The van der Waals surface area contributed by atoms with Gasteiger partial charge in [-0.2, -0.15) is 0 Å². The lowest BCUT2D eigenvalue weighted by atomic mass is 9.98. The average molecular weight is 434 g/mol. The van der Waals surface area contributed by atoms with Crippen molar-refractivity contribution in [2.24, 2.45) is 5.92 Å². The van der Waals surface area contributed by atoms with Crippen molar-refractivity contribution in [1.29, 1.82) is 0 Å². The molecule has 2 fully saturated rings. The first-order valence-corrected chi connectivity index (χ1v) is 12.0. The summed E-state index contributed by atoms with van der Waals surface area (Å²) in [6.07, 6.45) is 4.93. The molecule has 0 saturated carbocycles. The number of nitrogens with zero attached hydrogens (tertiary/aromatic N) is 2. The molecule has 32 heavy (non-hydrogen) atoms. The van der Waals surface area contributed by atoms with Crippen LogP contribution in [0.2, 0.25) is 0 Å². The molecule has 2 heterocycles. The van der Waals surface area contributed by atoms with Crippen LogP contribution in [0.25, 0.3) is 0 Å². The number of carbonyl (C=O) groups excluding carboxylic acids is 2. The number of rotatable bonds is 7. The second kappa shape index (κ2) is 10.8. The molecule has 2 unspecified atom stereocenters. The van der Waals surface area contributed by atoms with E-state index in [-0.39, 0.29) is 11.8 Å². The quantitative estimate of drug-likeness (QED) is 0.709. The molecule has 5 heteroatoms. The van der Waals surface area contributed by atoms with Crippen molar-refractivity contribution in [3.05, 3.63) is 71.3 Å². The third-order valence-corrected chi connectivity index (χ3v) is 6.74. The predicted octanol–water partition coefficient (Wildman–Crippen LogP) is 4.29. The Hall–Kier alpha value is -2.66. The predicted molar refractivity (Wildman–Crippen MR) is 127 cm³/mol. The highest BCUT2D eigenvalue weighted by Crippen LogP contribution is 2.26. The normalized spacial score (nSPS) is 20.7. The molecule has 0 aliphatic carbocycles. The van der Waals surface area contributed by atoms with E-state index in [1.165, 1.54) is 18.4 Å². The Morgan fingerprint density at radius 1 is 1.00 bits per heavy atom. The fourth-order valence-corrected chi connectivity index (χ4v) is 5.04. The maximum atomic E-state index is 13.4. The van der Waals surface area contributed by atoms with E-state index in [4.69, 9.17) is 0 Å². The zero-order valence-corrected chi connectivity index (χ0v) is 19.1. The van der Waals surface area contributed by atoms with Crippen LogP contribution in [0.3, 0.4) is 0 Å². The van der Waals surface area contributed by atoms with Gasteiger partial charge in [0.05, 0.1) is 0 Å². The van der Waals surface area contributed by atoms with Crippen LogP contribution in [0, 0.1) is 5.92 Å². The van der Waals surface area contributed by atoms with Gasteiger partial charge in [0.15, 0.2) is 0 Å². The Morgan fingerprint density at radius 2 is 1.75 bits per heavy atom. The van der Waals surface area contributed by atoms with Gasteiger partial charge in [-0.05, 0) is 54.8 Å². The molecule has 2 aromatic rings. The van der Waals surface area contributed by atoms with Crippen LogP contribution < -0.4 is 5.32 Å². The highest BCUT2D eigenvalue weighted by atomic mass is 16.2. The fraction of sp³-hybridized carbons (Fsp3) is 0.481. The van der Waals surface area contributed by atoms with E-state index in [0.29, 0.717) is 19.5 Å². The van der Waals surface area contributed by atoms with Crippen LogP contribution in [-0.4, -0.2) is 41.2 Å². The number of amides is 2. The smallest absolute Gasteiger partial charge is 0.247 e. The van der Waals surface area contributed by atoms with E-state index in [2.05, 4.69) is 35.3 Å². The van der Waals surface area contributed by atoms with E-state index in [9.17, 15) is 9.59 Å². The summed E-state index contributed by atoms with van der Waals surface area (Å²) in [5.74, 6) is 0.706. The number of piperidine rings is 2. The van der Waals surface area contributed by atoms with Crippen molar-refractivity contribution >= 4 is 11.8 Å². The van der Waals surface area contributed by atoms with E-state index >= 15 is 0 Å². The fourth-order valence-electron chi connectivity index (χ4n) is 5.04. The molecule has 2 aromatic carbocycles. The molecule has 2 atom stereocenters. The molecule has 0 bridgehead atoms. The van der Waals surface area contributed by atoms with Crippen LogP contribution in [0.1, 0.15) is 61.8 Å². The third-order valence-electron chi connectivity index (χ3n) is 6.74. The van der Waals surface area contributed by atoms with Crippen molar-refractivity contribution < 1.29 is 9.59 Å². The summed E-state index contributed by atoms with van der Waals surface area (Å²) in [5, 5.41) is 3.15. The first-order chi connectivity index (χ1) is 15.6. The van der Waals surface area contributed by atoms with Gasteiger partial charge < -0.3 is 10.2 Å². The first kappa shape index (κ1) is 22.5. The summed E-state index contributed by atoms with van der Waals surface area (Å²) in [5.41, 5.74) is 3.29. The summed E-state index contributed by atoms with van der Waals surface area (Å²) in [6, 6.07) is 17.5. The van der Waals surface area contributed by atoms with Crippen LogP contribution in [0.15, 0.2) is 54.6 Å². The maximum absolute atomic E-state index is 13.4. The molecular formula is C27H35N3O2. The standard InChI is InChI=1S/C27H35N3O2/c1-21-10-9-16-29(19-21)20-24-14-6-5-13-23(24)18-28-27(32)26(22-11-3-2-4-12-22)30-17-8-7-15-25(30)31/h2-6,11-14,21,26H,7-10,15-20H2,1H3,(H,28,32). The topological polar surface area (TPSA) is 52.7 Å². The lowest BCUT2D eigenvalue weighted by molar-refractivity contribution is -0.142. The highest BCUT2D eigenvalue weighted by molar-refractivity contribution is 5.89. The molecule has 1 N–H and O–H groups in total. The number of hydrogen-bond donors (Lipinski definition) is 1. The molecule has 170 valence electrons. The minimum absolute atomic E-state index is 0.0693. The molecule has 5 nitrogen and oxygen atoms in total. The molecule has 2 aliphatic rings. The van der Waals surface area contributed by atoms with E-state index < -0.39 is 6.04 Å². The minimum Gasteiger partial charge on any atom is -0.350 e. The van der Waals surface area contributed by atoms with Crippen LogP contribution in [0.5, 0.6) is 0 Å². The SMILES string of the molecule is CC1CCCN(Cc2ccccc2CNC(=O)C(c2ccccc2)N2CCCCC2=O)C1. The minimum atomic E-state index is -0.570. The van der Waals surface area contributed by atoms with Gasteiger partial charge in [0.25, 0.3) is 0 Å². The zero-order chi connectivity index (χ0) is 22.3. The Kier molecular flexibility index (Phi) is 7.59. The summed E-state index contributed by atoms with van der Waals surface area (Å²) < 4.78 is 0. The van der Waals surface area contributed by atoms with Crippen LogP contribution in [-0.2, 0) is 22.7 Å². The van der Waals surface area contributed by atoms with Crippen molar-refractivity contribution in [3.8, 4) is 0 Å². The largest absolute Gasteiger partial charge is 0.350 e. The van der Waals surface area contributed by atoms with Crippen molar-refractivity contribution in [2.75, 3.05) is 19.6 Å². The molecular weight excluding hydrogens is 398 g/mol. The van der Waals surface area contributed by atoms with Gasteiger partial charge in [0, 0.05) is 32.6 Å². The molecule has 4 rings (SSSR count). The Labute approximate surface area is 191 Å².